The van der Waals surface area contributed by atoms with Crippen LogP contribution >= 0.6 is 0 Å². The molecule has 0 saturated heterocycles. The molecule has 202 valence electrons. The van der Waals surface area contributed by atoms with Gasteiger partial charge in [-0.15, -0.1) is 0 Å². The Bertz CT molecular complexity index is 1100. The predicted octanol–water partition coefficient (Wildman–Crippen LogP) is 5.61. The number of nitrogens with one attached hydrogen (secondary N) is 2. The van der Waals surface area contributed by atoms with E-state index in [0.717, 1.165) is 82.3 Å². The second-order valence-electron chi connectivity index (χ2n) is 10.6. The smallest absolute Gasteiger partial charge is 0.224 e. The lowest BCUT2D eigenvalue weighted by atomic mass is 9.93. The first-order valence-corrected chi connectivity index (χ1v) is 14.4. The second kappa shape index (κ2) is 13.4. The summed E-state index contributed by atoms with van der Waals surface area (Å²) in [5.74, 6) is 0.696. The third-order valence-corrected chi connectivity index (χ3v) is 7.82. The Balaban J connectivity index is 1.55. The summed E-state index contributed by atoms with van der Waals surface area (Å²) in [5.41, 5.74) is 4.64. The third-order valence-electron chi connectivity index (χ3n) is 7.82. The first-order valence-electron chi connectivity index (χ1n) is 14.4. The number of nitrogens with zero attached hydrogens (tertiary/aromatic N) is 4. The van der Waals surface area contributed by atoms with Crippen molar-refractivity contribution in [1.29, 1.82) is 0 Å². The van der Waals surface area contributed by atoms with Crippen molar-refractivity contribution >= 4 is 17.0 Å². The summed E-state index contributed by atoms with van der Waals surface area (Å²) in [6.45, 7) is 14.0. The van der Waals surface area contributed by atoms with E-state index >= 15 is 0 Å². The van der Waals surface area contributed by atoms with Crippen LogP contribution in [-0.2, 0) is 6.54 Å². The molecular formula is C30H46N6O. The van der Waals surface area contributed by atoms with Gasteiger partial charge in [-0.05, 0) is 63.2 Å². The topological polar surface area (TPSA) is 78.2 Å². The maximum absolute atomic E-state index is 10.1. The second-order valence-corrected chi connectivity index (χ2v) is 10.6. The van der Waals surface area contributed by atoms with E-state index < -0.39 is 0 Å². The van der Waals surface area contributed by atoms with E-state index in [-0.39, 0.29) is 6.10 Å². The Kier molecular flexibility index (Phi) is 9.95. The van der Waals surface area contributed by atoms with Gasteiger partial charge in [0.1, 0.15) is 5.65 Å². The zero-order valence-corrected chi connectivity index (χ0v) is 23.2. The predicted molar refractivity (Wildman–Crippen MR) is 154 cm³/mol. The number of aliphatic hydroxyl groups is 1. The number of likely N-dealkylation sites (N-methyl/N-ethyl adjacent to an activating group) is 1. The molecule has 0 amide bonds. The molecule has 4 rings (SSSR count). The molecule has 0 bridgehead atoms. The molecule has 0 spiro atoms. The van der Waals surface area contributed by atoms with Crippen molar-refractivity contribution < 1.29 is 5.11 Å². The highest BCUT2D eigenvalue weighted by Crippen LogP contribution is 2.36. The van der Waals surface area contributed by atoms with Crippen LogP contribution in [0.1, 0.15) is 77.8 Å². The number of hydrogen-bond donors (Lipinski definition) is 3. The van der Waals surface area contributed by atoms with Gasteiger partial charge in [-0.1, -0.05) is 51.5 Å². The maximum Gasteiger partial charge on any atom is 0.224 e. The SMILES string of the molecule is CCC[C@H](C)Nc1ncc2c(-c3ccc(CNCCN(CC)CC)cc3)cn([C@H]3CC[C@H](O)CC3)c2n1. The van der Waals surface area contributed by atoms with Crippen molar-refractivity contribution in [2.45, 2.75) is 91.0 Å². The molecular weight excluding hydrogens is 460 g/mol. The summed E-state index contributed by atoms with van der Waals surface area (Å²) in [6.07, 6.45) is 9.93. The molecule has 7 nitrogen and oxygen atoms in total. The van der Waals surface area contributed by atoms with Gasteiger partial charge in [-0.25, -0.2) is 4.98 Å². The normalized spacial score (nSPS) is 19.0. The molecule has 3 N–H and O–H groups in total. The molecule has 0 aliphatic heterocycles. The summed E-state index contributed by atoms with van der Waals surface area (Å²) < 4.78 is 2.34. The minimum absolute atomic E-state index is 0.174. The average molecular weight is 507 g/mol. The molecule has 1 aromatic carbocycles. The van der Waals surface area contributed by atoms with Gasteiger partial charge in [-0.2, -0.15) is 4.98 Å². The number of rotatable bonds is 13. The zero-order valence-electron chi connectivity index (χ0n) is 23.2. The quantitative estimate of drug-likeness (QED) is 0.262. The Morgan fingerprint density at radius 3 is 2.49 bits per heavy atom. The van der Waals surface area contributed by atoms with Gasteiger partial charge in [0.05, 0.1) is 6.10 Å². The minimum atomic E-state index is -0.174. The Labute approximate surface area is 222 Å². The number of anilines is 1. The molecule has 37 heavy (non-hydrogen) atoms. The van der Waals surface area contributed by atoms with Crippen LogP contribution in [0.15, 0.2) is 36.7 Å². The standard InChI is InChI=1S/C30H46N6O/c1-5-8-22(4)33-30-32-20-27-28(21-36(29(27)34-30)25-13-15-26(37)16-14-25)24-11-9-23(10-12-24)19-31-17-18-35(6-2)7-3/h9-12,20-22,25-26,31,37H,5-8,13-19H2,1-4H3,(H,32,33,34)/t22-,25-,26-/m0/s1. The van der Waals surface area contributed by atoms with E-state index in [1.54, 1.807) is 0 Å². The minimum Gasteiger partial charge on any atom is -0.393 e. The molecule has 1 fully saturated rings. The van der Waals surface area contributed by atoms with E-state index in [4.69, 9.17) is 9.97 Å². The third kappa shape index (κ3) is 7.09. The van der Waals surface area contributed by atoms with Crippen LogP contribution in [0, 0.1) is 0 Å². The molecule has 2 heterocycles. The van der Waals surface area contributed by atoms with Crippen molar-refractivity contribution in [2.24, 2.45) is 0 Å². The van der Waals surface area contributed by atoms with Gasteiger partial charge in [-0.3, -0.25) is 0 Å². The van der Waals surface area contributed by atoms with Gasteiger partial charge in [0, 0.05) is 55.1 Å². The fourth-order valence-corrected chi connectivity index (χ4v) is 5.48. The molecule has 1 aliphatic rings. The van der Waals surface area contributed by atoms with Crippen molar-refractivity contribution in [3.8, 4) is 11.1 Å². The largest absolute Gasteiger partial charge is 0.393 e. The summed E-state index contributed by atoms with van der Waals surface area (Å²) in [6, 6.07) is 9.58. The lowest BCUT2D eigenvalue weighted by molar-refractivity contribution is 0.111. The summed E-state index contributed by atoms with van der Waals surface area (Å²) >= 11 is 0. The number of hydrogen-bond acceptors (Lipinski definition) is 6. The lowest BCUT2D eigenvalue weighted by Crippen LogP contribution is -2.31. The monoisotopic (exact) mass is 506 g/mol. The summed E-state index contributed by atoms with van der Waals surface area (Å²) in [7, 11) is 0. The van der Waals surface area contributed by atoms with Gasteiger partial charge < -0.3 is 25.2 Å². The molecule has 3 aromatic rings. The number of fused-ring (bicyclic) bond motifs is 1. The van der Waals surface area contributed by atoms with Gasteiger partial charge in [0.2, 0.25) is 5.95 Å². The van der Waals surface area contributed by atoms with Crippen molar-refractivity contribution in [3.05, 3.63) is 42.2 Å². The van der Waals surface area contributed by atoms with Crippen LogP contribution in [-0.4, -0.2) is 62.9 Å². The van der Waals surface area contributed by atoms with Crippen LogP contribution in [0.5, 0.6) is 0 Å². The van der Waals surface area contributed by atoms with Gasteiger partial charge in [0.15, 0.2) is 0 Å². The fourth-order valence-electron chi connectivity index (χ4n) is 5.48. The zero-order chi connectivity index (χ0) is 26.2. The average Bonchev–Trinajstić information content (AvgIpc) is 3.28. The highest BCUT2D eigenvalue weighted by atomic mass is 16.3. The Morgan fingerprint density at radius 1 is 1.08 bits per heavy atom. The molecule has 1 aliphatic carbocycles. The summed E-state index contributed by atoms with van der Waals surface area (Å²) in [5, 5.41) is 18.2. The first-order chi connectivity index (χ1) is 18.0. The van der Waals surface area contributed by atoms with Crippen molar-refractivity contribution in [1.82, 2.24) is 24.8 Å². The number of aromatic nitrogens is 3. The van der Waals surface area contributed by atoms with Crippen LogP contribution in [0.4, 0.5) is 5.95 Å². The highest BCUT2D eigenvalue weighted by molar-refractivity contribution is 5.94. The van der Waals surface area contributed by atoms with E-state index in [9.17, 15) is 5.11 Å². The summed E-state index contributed by atoms with van der Waals surface area (Å²) in [4.78, 5) is 12.1. The molecule has 1 atom stereocenters. The maximum atomic E-state index is 10.1. The van der Waals surface area contributed by atoms with Crippen LogP contribution < -0.4 is 10.6 Å². The van der Waals surface area contributed by atoms with Gasteiger partial charge in [0.25, 0.3) is 0 Å². The Morgan fingerprint density at radius 2 is 1.81 bits per heavy atom. The first kappa shape index (κ1) is 27.6. The lowest BCUT2D eigenvalue weighted by Gasteiger charge is -2.27. The van der Waals surface area contributed by atoms with Crippen molar-refractivity contribution in [2.75, 3.05) is 31.5 Å². The number of aliphatic hydroxyl groups excluding tert-OH is 1. The molecule has 1 saturated carbocycles. The fraction of sp³-hybridized carbons (Fsp3) is 0.600. The molecule has 0 unspecified atom stereocenters. The Hall–Kier alpha value is -2.48. The van der Waals surface area contributed by atoms with Crippen molar-refractivity contribution in [3.63, 3.8) is 0 Å². The molecule has 0 radical (unpaired) electrons. The van der Waals surface area contributed by atoms with Gasteiger partial charge >= 0.3 is 0 Å². The van der Waals surface area contributed by atoms with Crippen LogP contribution in [0.3, 0.4) is 0 Å². The van der Waals surface area contributed by atoms with E-state index in [1.807, 2.05) is 6.20 Å². The van der Waals surface area contributed by atoms with E-state index in [2.05, 4.69) is 78.3 Å². The molecule has 2 aromatic heterocycles. The van der Waals surface area contributed by atoms with E-state index in [0.29, 0.717) is 18.0 Å². The van der Waals surface area contributed by atoms with Crippen LogP contribution in [0.2, 0.25) is 0 Å². The highest BCUT2D eigenvalue weighted by Gasteiger charge is 2.24. The molecule has 7 heteroatoms. The van der Waals surface area contributed by atoms with E-state index in [1.165, 1.54) is 16.7 Å². The number of benzene rings is 1. The van der Waals surface area contributed by atoms with Crippen LogP contribution in [0.25, 0.3) is 22.2 Å².